The van der Waals surface area contributed by atoms with Crippen LogP contribution in [0.3, 0.4) is 0 Å². The topological polar surface area (TPSA) is 26.3 Å². The Kier molecular flexibility index (Phi) is 4.20. The number of carbonyl (C=O) groups excluding carboxylic acids is 1. The molecule has 0 aromatic heterocycles. The van der Waals surface area contributed by atoms with E-state index >= 15 is 0 Å². The fourth-order valence-corrected chi connectivity index (χ4v) is 5.87. The van der Waals surface area contributed by atoms with Gasteiger partial charge in [0, 0.05) is 5.41 Å². The first-order chi connectivity index (χ1) is 9.97. The van der Waals surface area contributed by atoms with Crippen molar-refractivity contribution >= 4 is 5.78 Å². The van der Waals surface area contributed by atoms with Crippen molar-refractivity contribution in [1.82, 2.24) is 0 Å². The molecule has 7 unspecified atom stereocenters. The van der Waals surface area contributed by atoms with E-state index in [1.165, 1.54) is 25.7 Å². The SMILES string of the molecule is CCC1C2COC3CC(C)CCC3C2CCC1(C)C(C)=O. The maximum absolute atomic E-state index is 12.2. The lowest BCUT2D eigenvalue weighted by Crippen LogP contribution is -2.54. The number of hydrogen-bond donors (Lipinski definition) is 0. The lowest BCUT2D eigenvalue weighted by molar-refractivity contribution is -0.170. The normalized spacial score (nSPS) is 50.1. The summed E-state index contributed by atoms with van der Waals surface area (Å²) >= 11 is 0. The Balaban J connectivity index is 1.82. The highest BCUT2D eigenvalue weighted by atomic mass is 16.5. The number of hydrogen-bond acceptors (Lipinski definition) is 2. The fraction of sp³-hybridized carbons (Fsp3) is 0.947. The molecule has 2 heteroatoms. The Hall–Kier alpha value is -0.370. The summed E-state index contributed by atoms with van der Waals surface area (Å²) in [6.45, 7) is 9.56. The van der Waals surface area contributed by atoms with Crippen LogP contribution in [-0.2, 0) is 9.53 Å². The van der Waals surface area contributed by atoms with E-state index in [1.54, 1.807) is 6.92 Å². The van der Waals surface area contributed by atoms with Gasteiger partial charge in [-0.3, -0.25) is 4.79 Å². The molecule has 0 amide bonds. The summed E-state index contributed by atoms with van der Waals surface area (Å²) in [4.78, 5) is 12.2. The van der Waals surface area contributed by atoms with Gasteiger partial charge >= 0.3 is 0 Å². The second-order valence-corrected chi connectivity index (χ2v) is 8.31. The zero-order valence-corrected chi connectivity index (χ0v) is 14.2. The van der Waals surface area contributed by atoms with Gasteiger partial charge in [0.05, 0.1) is 12.7 Å². The minimum absolute atomic E-state index is 0.103. The van der Waals surface area contributed by atoms with Crippen LogP contribution in [-0.4, -0.2) is 18.5 Å². The van der Waals surface area contributed by atoms with Gasteiger partial charge in [0.15, 0.2) is 0 Å². The molecule has 0 aromatic carbocycles. The van der Waals surface area contributed by atoms with Crippen molar-refractivity contribution in [3.8, 4) is 0 Å². The quantitative estimate of drug-likeness (QED) is 0.750. The Morgan fingerprint density at radius 1 is 1.19 bits per heavy atom. The summed E-state index contributed by atoms with van der Waals surface area (Å²) < 4.78 is 6.32. The molecule has 21 heavy (non-hydrogen) atoms. The van der Waals surface area contributed by atoms with Crippen LogP contribution in [0, 0.1) is 35.0 Å². The average molecular weight is 292 g/mol. The minimum Gasteiger partial charge on any atom is -0.378 e. The highest BCUT2D eigenvalue weighted by Crippen LogP contribution is 2.55. The second-order valence-electron chi connectivity index (χ2n) is 8.31. The lowest BCUT2D eigenvalue weighted by atomic mass is 9.52. The van der Waals surface area contributed by atoms with Crippen LogP contribution in [0.5, 0.6) is 0 Å². The highest BCUT2D eigenvalue weighted by molar-refractivity contribution is 5.82. The predicted octanol–water partition coefficient (Wildman–Crippen LogP) is 4.47. The van der Waals surface area contributed by atoms with Crippen LogP contribution in [0.25, 0.3) is 0 Å². The zero-order chi connectivity index (χ0) is 15.2. The molecule has 2 saturated carbocycles. The molecule has 7 atom stereocenters. The first-order valence-corrected chi connectivity index (χ1v) is 9.10. The molecule has 0 radical (unpaired) electrons. The molecule has 1 heterocycles. The Morgan fingerprint density at radius 3 is 2.62 bits per heavy atom. The molecule has 2 nitrogen and oxygen atoms in total. The highest BCUT2D eigenvalue weighted by Gasteiger charge is 2.53. The molecule has 1 aliphatic heterocycles. The van der Waals surface area contributed by atoms with Gasteiger partial charge in [0.1, 0.15) is 5.78 Å². The molecule has 0 bridgehead atoms. The molecule has 0 N–H and O–H groups in total. The number of fused-ring (bicyclic) bond motifs is 3. The maximum atomic E-state index is 12.2. The summed E-state index contributed by atoms with van der Waals surface area (Å²) in [7, 11) is 0. The van der Waals surface area contributed by atoms with Crippen LogP contribution in [0.1, 0.15) is 66.2 Å². The van der Waals surface area contributed by atoms with Gasteiger partial charge < -0.3 is 4.74 Å². The van der Waals surface area contributed by atoms with Gasteiger partial charge in [-0.2, -0.15) is 0 Å². The van der Waals surface area contributed by atoms with E-state index in [2.05, 4.69) is 20.8 Å². The van der Waals surface area contributed by atoms with Gasteiger partial charge in [-0.1, -0.05) is 33.6 Å². The van der Waals surface area contributed by atoms with E-state index < -0.39 is 0 Å². The number of ether oxygens (including phenoxy) is 1. The first-order valence-electron chi connectivity index (χ1n) is 9.10. The van der Waals surface area contributed by atoms with E-state index in [9.17, 15) is 4.79 Å². The van der Waals surface area contributed by atoms with Crippen LogP contribution >= 0.6 is 0 Å². The third-order valence-electron chi connectivity index (χ3n) is 7.28. The van der Waals surface area contributed by atoms with Gasteiger partial charge in [0.25, 0.3) is 0 Å². The van der Waals surface area contributed by atoms with Gasteiger partial charge in [-0.05, 0) is 62.2 Å². The lowest BCUT2D eigenvalue weighted by Gasteiger charge is -2.55. The minimum atomic E-state index is -0.103. The molecular weight excluding hydrogens is 260 g/mol. The van der Waals surface area contributed by atoms with Crippen molar-refractivity contribution in [3.05, 3.63) is 0 Å². The van der Waals surface area contributed by atoms with Crippen LogP contribution in [0.15, 0.2) is 0 Å². The van der Waals surface area contributed by atoms with Crippen LogP contribution in [0.4, 0.5) is 0 Å². The third kappa shape index (κ3) is 2.48. The zero-order valence-electron chi connectivity index (χ0n) is 14.2. The Bertz CT molecular complexity index is 404. The summed E-state index contributed by atoms with van der Waals surface area (Å²) in [6, 6.07) is 0. The standard InChI is InChI=1S/C19H32O2/c1-5-17-16-11-21-18-10-12(2)6-7-15(18)14(16)8-9-19(17,4)13(3)20/h12,14-18H,5-11H2,1-4H3. The van der Waals surface area contributed by atoms with Crippen LogP contribution < -0.4 is 0 Å². The average Bonchev–Trinajstić information content (AvgIpc) is 2.46. The molecule has 3 fully saturated rings. The van der Waals surface area contributed by atoms with Crippen molar-refractivity contribution in [2.24, 2.45) is 35.0 Å². The van der Waals surface area contributed by atoms with Crippen molar-refractivity contribution < 1.29 is 9.53 Å². The van der Waals surface area contributed by atoms with E-state index in [0.29, 0.717) is 23.7 Å². The molecule has 3 rings (SSSR count). The first kappa shape index (κ1) is 15.5. The molecule has 1 saturated heterocycles. The van der Waals surface area contributed by atoms with E-state index in [4.69, 9.17) is 4.74 Å². The smallest absolute Gasteiger partial charge is 0.135 e. The summed E-state index contributed by atoms with van der Waals surface area (Å²) in [5.41, 5.74) is -0.103. The third-order valence-corrected chi connectivity index (χ3v) is 7.28. The predicted molar refractivity (Wildman–Crippen MR) is 85.0 cm³/mol. The molecule has 0 aromatic rings. The van der Waals surface area contributed by atoms with Gasteiger partial charge in [-0.15, -0.1) is 0 Å². The van der Waals surface area contributed by atoms with Crippen molar-refractivity contribution in [1.29, 1.82) is 0 Å². The summed E-state index contributed by atoms with van der Waals surface area (Å²) in [5, 5.41) is 0. The Labute approximate surface area is 130 Å². The van der Waals surface area contributed by atoms with E-state index in [1.807, 2.05) is 0 Å². The van der Waals surface area contributed by atoms with Crippen LogP contribution in [0.2, 0.25) is 0 Å². The van der Waals surface area contributed by atoms with E-state index in [0.717, 1.165) is 37.2 Å². The largest absolute Gasteiger partial charge is 0.378 e. The van der Waals surface area contributed by atoms with E-state index in [-0.39, 0.29) is 5.41 Å². The Morgan fingerprint density at radius 2 is 1.95 bits per heavy atom. The van der Waals surface area contributed by atoms with Crippen molar-refractivity contribution in [2.75, 3.05) is 6.61 Å². The fourth-order valence-electron chi connectivity index (χ4n) is 5.87. The van der Waals surface area contributed by atoms with Gasteiger partial charge in [-0.25, -0.2) is 0 Å². The molecule has 2 aliphatic carbocycles. The summed E-state index contributed by atoms with van der Waals surface area (Å²) in [5.74, 6) is 3.95. The monoisotopic (exact) mass is 292 g/mol. The van der Waals surface area contributed by atoms with Crippen molar-refractivity contribution in [3.63, 3.8) is 0 Å². The molecule has 3 aliphatic rings. The molecule has 120 valence electrons. The molecular formula is C19H32O2. The van der Waals surface area contributed by atoms with Gasteiger partial charge in [0.2, 0.25) is 0 Å². The number of ketones is 1. The van der Waals surface area contributed by atoms with Crippen molar-refractivity contribution in [2.45, 2.75) is 72.3 Å². The number of Topliss-reactive ketones (excluding diaryl/α,β-unsaturated/α-hetero) is 1. The summed E-state index contributed by atoms with van der Waals surface area (Å²) in [6.07, 6.45) is 7.95. The second kappa shape index (κ2) is 5.68. The maximum Gasteiger partial charge on any atom is 0.135 e. The molecule has 0 spiro atoms. The number of rotatable bonds is 2. The number of carbonyl (C=O) groups is 1.